The van der Waals surface area contributed by atoms with E-state index in [4.69, 9.17) is 4.74 Å². The van der Waals surface area contributed by atoms with Crippen LogP contribution >= 0.6 is 11.3 Å². The molecule has 0 aliphatic carbocycles. The van der Waals surface area contributed by atoms with Gasteiger partial charge in [0.25, 0.3) is 5.91 Å². The lowest BCUT2D eigenvalue weighted by Crippen LogP contribution is -2.35. The Morgan fingerprint density at radius 3 is 2.67 bits per heavy atom. The summed E-state index contributed by atoms with van der Waals surface area (Å²) >= 11 is 1.44. The van der Waals surface area contributed by atoms with Crippen LogP contribution in [0.15, 0.2) is 42.0 Å². The Labute approximate surface area is 164 Å². The van der Waals surface area contributed by atoms with Crippen LogP contribution in [0.3, 0.4) is 0 Å². The number of thiophene rings is 1. The number of hydrogen-bond donors (Lipinski definition) is 1. The van der Waals surface area contributed by atoms with Crippen LogP contribution < -0.4 is 10.1 Å². The summed E-state index contributed by atoms with van der Waals surface area (Å²) in [6.07, 6.45) is 3.62. The maximum atomic E-state index is 12.4. The molecule has 0 bridgehead atoms. The van der Waals surface area contributed by atoms with Gasteiger partial charge >= 0.3 is 0 Å². The second kappa shape index (κ2) is 8.39. The quantitative estimate of drug-likeness (QED) is 0.663. The number of rotatable bonds is 7. The number of amides is 1. The van der Waals surface area contributed by atoms with E-state index < -0.39 is 0 Å². The number of carbonyl (C=O) groups excluding carboxylic acids is 1. The first-order chi connectivity index (χ1) is 12.9. The standard InChI is InChI=1S/C21H25N3O2S/c1-14-8-15(2)20(16(3)9-14)26-12-18-10-19(27-13-18)21(25)23-17(4)11-24-7-5-6-22-24/h5-10,13,17H,11-12H2,1-4H3,(H,23,25). The van der Waals surface area contributed by atoms with E-state index in [0.717, 1.165) is 22.4 Å². The van der Waals surface area contributed by atoms with Crippen LogP contribution in [0.2, 0.25) is 0 Å². The summed E-state index contributed by atoms with van der Waals surface area (Å²) in [6.45, 7) is 9.27. The number of aromatic nitrogens is 2. The molecule has 0 aliphatic rings. The van der Waals surface area contributed by atoms with Gasteiger partial charge in [-0.2, -0.15) is 5.10 Å². The summed E-state index contributed by atoms with van der Waals surface area (Å²) in [7, 11) is 0. The zero-order chi connectivity index (χ0) is 19.4. The van der Waals surface area contributed by atoms with Crippen molar-refractivity contribution in [2.24, 2.45) is 0 Å². The summed E-state index contributed by atoms with van der Waals surface area (Å²) in [4.78, 5) is 13.1. The second-order valence-electron chi connectivity index (χ2n) is 6.94. The molecule has 1 amide bonds. The monoisotopic (exact) mass is 383 g/mol. The molecule has 1 N–H and O–H groups in total. The number of benzene rings is 1. The van der Waals surface area contributed by atoms with Crippen molar-refractivity contribution >= 4 is 17.2 Å². The molecule has 1 atom stereocenters. The first-order valence-electron chi connectivity index (χ1n) is 8.98. The van der Waals surface area contributed by atoms with E-state index in [1.165, 1.54) is 16.9 Å². The highest BCUT2D eigenvalue weighted by atomic mass is 32.1. The Kier molecular flexibility index (Phi) is 5.96. The van der Waals surface area contributed by atoms with Gasteiger partial charge in [0.2, 0.25) is 0 Å². The van der Waals surface area contributed by atoms with Crippen LogP contribution in [-0.2, 0) is 13.2 Å². The zero-order valence-corrected chi connectivity index (χ0v) is 17.0. The molecule has 0 spiro atoms. The number of hydrogen-bond acceptors (Lipinski definition) is 4. The minimum Gasteiger partial charge on any atom is -0.488 e. The minimum absolute atomic E-state index is 0.00272. The van der Waals surface area contributed by atoms with Crippen LogP contribution in [-0.4, -0.2) is 21.7 Å². The van der Waals surface area contributed by atoms with E-state index in [1.807, 2.05) is 35.3 Å². The summed E-state index contributed by atoms with van der Waals surface area (Å²) in [5.41, 5.74) is 4.50. The van der Waals surface area contributed by atoms with E-state index in [9.17, 15) is 4.79 Å². The molecule has 0 saturated heterocycles. The van der Waals surface area contributed by atoms with Gasteiger partial charge in [-0.25, -0.2) is 0 Å². The zero-order valence-electron chi connectivity index (χ0n) is 16.2. The largest absolute Gasteiger partial charge is 0.488 e. The highest BCUT2D eigenvalue weighted by molar-refractivity contribution is 7.12. The van der Waals surface area contributed by atoms with Crippen molar-refractivity contribution in [3.8, 4) is 5.75 Å². The molecule has 0 fully saturated rings. The molecule has 2 aromatic heterocycles. The van der Waals surface area contributed by atoms with E-state index in [2.05, 4.69) is 43.3 Å². The molecule has 3 rings (SSSR count). The fourth-order valence-electron chi connectivity index (χ4n) is 3.15. The fraction of sp³-hybridized carbons (Fsp3) is 0.333. The van der Waals surface area contributed by atoms with Crippen LogP contribution in [0.1, 0.15) is 38.8 Å². The highest BCUT2D eigenvalue weighted by Gasteiger charge is 2.13. The minimum atomic E-state index is -0.0615. The van der Waals surface area contributed by atoms with Crippen LogP contribution in [0, 0.1) is 20.8 Å². The van der Waals surface area contributed by atoms with Crippen LogP contribution in [0.5, 0.6) is 5.75 Å². The van der Waals surface area contributed by atoms with Crippen molar-refractivity contribution in [3.05, 3.63) is 69.2 Å². The molecule has 3 aromatic rings. The molecule has 1 aromatic carbocycles. The summed E-state index contributed by atoms with van der Waals surface area (Å²) in [5, 5.41) is 9.16. The van der Waals surface area contributed by atoms with Gasteiger partial charge in [-0.1, -0.05) is 17.7 Å². The van der Waals surface area contributed by atoms with Crippen molar-refractivity contribution in [1.82, 2.24) is 15.1 Å². The number of carbonyl (C=O) groups is 1. The van der Waals surface area contributed by atoms with Gasteiger partial charge in [0, 0.05) is 24.0 Å². The molecular weight excluding hydrogens is 358 g/mol. The molecule has 2 heterocycles. The van der Waals surface area contributed by atoms with Gasteiger partial charge in [-0.15, -0.1) is 11.3 Å². The molecule has 27 heavy (non-hydrogen) atoms. The number of ether oxygens (including phenoxy) is 1. The van der Waals surface area contributed by atoms with E-state index in [0.29, 0.717) is 18.0 Å². The smallest absolute Gasteiger partial charge is 0.261 e. The van der Waals surface area contributed by atoms with Crippen molar-refractivity contribution in [1.29, 1.82) is 0 Å². The Bertz CT molecular complexity index is 892. The third-order valence-electron chi connectivity index (χ3n) is 4.26. The van der Waals surface area contributed by atoms with Gasteiger partial charge in [0.15, 0.2) is 0 Å². The summed E-state index contributed by atoms with van der Waals surface area (Å²) < 4.78 is 7.83. The van der Waals surface area contributed by atoms with Gasteiger partial charge in [0.1, 0.15) is 12.4 Å². The number of nitrogens with one attached hydrogen (secondary N) is 1. The average molecular weight is 384 g/mol. The predicted octanol–water partition coefficient (Wildman–Crippen LogP) is 4.27. The van der Waals surface area contributed by atoms with Crippen LogP contribution in [0.4, 0.5) is 0 Å². The molecular formula is C21H25N3O2S. The normalized spacial score (nSPS) is 12.0. The van der Waals surface area contributed by atoms with Crippen molar-refractivity contribution in [2.75, 3.05) is 0 Å². The van der Waals surface area contributed by atoms with Gasteiger partial charge in [-0.05, 0) is 56.3 Å². The van der Waals surface area contributed by atoms with Crippen molar-refractivity contribution in [3.63, 3.8) is 0 Å². The Morgan fingerprint density at radius 1 is 1.26 bits per heavy atom. The Balaban J connectivity index is 1.57. The maximum Gasteiger partial charge on any atom is 0.261 e. The average Bonchev–Trinajstić information content (AvgIpc) is 3.25. The molecule has 142 valence electrons. The van der Waals surface area contributed by atoms with Gasteiger partial charge in [-0.3, -0.25) is 9.48 Å². The second-order valence-corrected chi connectivity index (χ2v) is 7.85. The van der Waals surface area contributed by atoms with Gasteiger partial charge < -0.3 is 10.1 Å². The lowest BCUT2D eigenvalue weighted by molar-refractivity contribution is 0.0940. The predicted molar refractivity (Wildman–Crippen MR) is 108 cm³/mol. The van der Waals surface area contributed by atoms with Gasteiger partial charge in [0.05, 0.1) is 11.4 Å². The third kappa shape index (κ3) is 4.98. The van der Waals surface area contributed by atoms with E-state index in [-0.39, 0.29) is 11.9 Å². The van der Waals surface area contributed by atoms with Crippen molar-refractivity contribution in [2.45, 2.75) is 46.9 Å². The first-order valence-corrected chi connectivity index (χ1v) is 9.86. The molecule has 0 aliphatic heterocycles. The first kappa shape index (κ1) is 19.2. The highest BCUT2D eigenvalue weighted by Crippen LogP contribution is 2.26. The SMILES string of the molecule is Cc1cc(C)c(OCc2csc(C(=O)NC(C)Cn3cccn3)c2)c(C)c1. The fourth-order valence-corrected chi connectivity index (χ4v) is 3.95. The van der Waals surface area contributed by atoms with E-state index in [1.54, 1.807) is 6.20 Å². The molecule has 5 nitrogen and oxygen atoms in total. The summed E-state index contributed by atoms with van der Waals surface area (Å²) in [5.74, 6) is 0.860. The lowest BCUT2D eigenvalue weighted by atomic mass is 10.1. The maximum absolute atomic E-state index is 12.4. The Hall–Kier alpha value is -2.60. The Morgan fingerprint density at radius 2 is 2.00 bits per heavy atom. The lowest BCUT2D eigenvalue weighted by Gasteiger charge is -2.13. The molecule has 0 saturated carbocycles. The van der Waals surface area contributed by atoms with E-state index >= 15 is 0 Å². The molecule has 6 heteroatoms. The molecule has 0 radical (unpaired) electrons. The molecule has 1 unspecified atom stereocenters. The van der Waals surface area contributed by atoms with Crippen molar-refractivity contribution < 1.29 is 9.53 Å². The third-order valence-corrected chi connectivity index (χ3v) is 5.24. The topological polar surface area (TPSA) is 56.1 Å². The number of nitrogens with zero attached hydrogens (tertiary/aromatic N) is 2. The number of aryl methyl sites for hydroxylation is 3. The summed E-state index contributed by atoms with van der Waals surface area (Å²) in [6, 6.07) is 8.01. The van der Waals surface area contributed by atoms with Crippen LogP contribution in [0.25, 0.3) is 0 Å².